The van der Waals surface area contributed by atoms with E-state index in [1.165, 1.54) is 11.3 Å². The second-order valence-electron chi connectivity index (χ2n) is 4.25. The Hall–Kier alpha value is -1.40. The molecule has 6 heteroatoms. The van der Waals surface area contributed by atoms with Crippen LogP contribution in [-0.2, 0) is 0 Å². The number of rotatable bonds is 6. The summed E-state index contributed by atoms with van der Waals surface area (Å²) in [6.45, 7) is 5.92. The summed E-state index contributed by atoms with van der Waals surface area (Å²) in [5.74, 6) is 0. The van der Waals surface area contributed by atoms with Crippen molar-refractivity contribution in [3.8, 4) is 5.19 Å². The van der Waals surface area contributed by atoms with E-state index in [2.05, 4.69) is 10.2 Å². The third-order valence-electron chi connectivity index (χ3n) is 2.25. The Bertz CT molecular complexity index is 433. The lowest BCUT2D eigenvalue weighted by molar-refractivity contribution is 0.123. The maximum absolute atomic E-state index is 9.83. The Balaban J connectivity index is 2.33. The van der Waals surface area contributed by atoms with Crippen molar-refractivity contribution in [3.05, 3.63) is 23.8 Å². The number of nitrogens with zero attached hydrogens (tertiary/aromatic N) is 2. The molecular formula is C12H19N3O2S. The third-order valence-corrected chi connectivity index (χ3v) is 2.91. The molecular weight excluding hydrogens is 250 g/mol. The van der Waals surface area contributed by atoms with Crippen LogP contribution in [0.4, 0.5) is 5.13 Å². The van der Waals surface area contributed by atoms with Crippen molar-refractivity contribution in [2.45, 2.75) is 32.8 Å². The Kier molecular flexibility index (Phi) is 5.30. The largest absolute Gasteiger partial charge is 0.469 e. The fourth-order valence-corrected chi connectivity index (χ4v) is 1.84. The maximum atomic E-state index is 9.83. The van der Waals surface area contributed by atoms with E-state index >= 15 is 0 Å². The van der Waals surface area contributed by atoms with Crippen molar-refractivity contribution < 1.29 is 9.84 Å². The van der Waals surface area contributed by atoms with Gasteiger partial charge in [0, 0.05) is 0 Å². The average Bonchev–Trinajstić information content (AvgIpc) is 2.67. The number of anilines is 1. The lowest BCUT2D eigenvalue weighted by atomic mass is 9.97. The number of ether oxygens (including phenoxy) is 1. The number of nitrogen functional groups attached to an aromatic ring is 1. The molecule has 3 N–H and O–H groups in total. The molecule has 18 heavy (non-hydrogen) atoms. The van der Waals surface area contributed by atoms with Gasteiger partial charge in [0.1, 0.15) is 0 Å². The van der Waals surface area contributed by atoms with E-state index in [1.807, 2.05) is 25.2 Å². The molecule has 100 valence electrons. The Morgan fingerprint density at radius 1 is 1.50 bits per heavy atom. The fourth-order valence-electron chi connectivity index (χ4n) is 1.36. The molecule has 0 aliphatic rings. The zero-order valence-electron chi connectivity index (χ0n) is 10.9. The van der Waals surface area contributed by atoms with Gasteiger partial charge in [-0.15, -0.1) is 5.10 Å². The Morgan fingerprint density at radius 2 is 2.22 bits per heavy atom. The van der Waals surface area contributed by atoms with Crippen molar-refractivity contribution in [2.75, 3.05) is 12.3 Å². The molecule has 0 saturated heterocycles. The molecule has 0 aliphatic carbocycles. The molecule has 0 bridgehead atoms. The first-order valence-electron chi connectivity index (χ1n) is 5.71. The van der Waals surface area contributed by atoms with Gasteiger partial charge in [0.05, 0.1) is 12.2 Å². The van der Waals surface area contributed by atoms with Crippen molar-refractivity contribution in [2.24, 2.45) is 0 Å². The Labute approximate surface area is 111 Å². The van der Waals surface area contributed by atoms with Gasteiger partial charge in [-0.25, -0.2) is 0 Å². The summed E-state index contributed by atoms with van der Waals surface area (Å²) in [5, 5.41) is 18.1. The number of allylic oxidation sites excluding steroid dienone is 1. The molecule has 5 nitrogen and oxygen atoms in total. The predicted molar refractivity (Wildman–Crippen MR) is 73.6 cm³/mol. The lowest BCUT2D eigenvalue weighted by Gasteiger charge is -2.18. The highest BCUT2D eigenvalue weighted by Gasteiger charge is 2.15. The van der Waals surface area contributed by atoms with Gasteiger partial charge in [0.25, 0.3) is 5.19 Å². The van der Waals surface area contributed by atoms with E-state index in [0.717, 1.165) is 12.0 Å². The lowest BCUT2D eigenvalue weighted by Crippen LogP contribution is -2.20. The highest BCUT2D eigenvalue weighted by atomic mass is 32.1. The summed E-state index contributed by atoms with van der Waals surface area (Å²) in [7, 11) is 0. The molecule has 1 rings (SSSR count). The number of hydrogen-bond donors (Lipinski definition) is 2. The third kappa shape index (κ3) is 4.85. The molecule has 0 aromatic carbocycles. The van der Waals surface area contributed by atoms with Crippen LogP contribution in [-0.4, -0.2) is 27.5 Å². The highest BCUT2D eigenvalue weighted by molar-refractivity contribution is 7.16. The van der Waals surface area contributed by atoms with E-state index in [0.29, 0.717) is 16.9 Å². The monoisotopic (exact) mass is 269 g/mol. The summed E-state index contributed by atoms with van der Waals surface area (Å²) in [6.07, 6.45) is 6.48. The number of aliphatic hydroxyl groups is 1. The van der Waals surface area contributed by atoms with Crippen LogP contribution >= 0.6 is 11.3 Å². The van der Waals surface area contributed by atoms with Crippen molar-refractivity contribution in [3.63, 3.8) is 0 Å². The average molecular weight is 269 g/mol. The molecule has 0 fully saturated rings. The van der Waals surface area contributed by atoms with Gasteiger partial charge in [-0.2, -0.15) is 0 Å². The molecule has 0 aliphatic heterocycles. The topological polar surface area (TPSA) is 81.3 Å². The van der Waals surface area contributed by atoms with Crippen molar-refractivity contribution >= 4 is 16.5 Å². The van der Waals surface area contributed by atoms with E-state index in [4.69, 9.17) is 10.5 Å². The summed E-state index contributed by atoms with van der Waals surface area (Å²) in [4.78, 5) is 0. The van der Waals surface area contributed by atoms with Crippen LogP contribution in [0.2, 0.25) is 0 Å². The minimum absolute atomic E-state index is 0.402. The van der Waals surface area contributed by atoms with E-state index in [9.17, 15) is 5.11 Å². The molecule has 0 saturated carbocycles. The van der Waals surface area contributed by atoms with Gasteiger partial charge in [-0.05, 0) is 44.1 Å². The summed E-state index contributed by atoms with van der Waals surface area (Å²) >= 11 is 1.22. The van der Waals surface area contributed by atoms with Gasteiger partial charge < -0.3 is 15.6 Å². The minimum atomic E-state index is -0.820. The minimum Gasteiger partial charge on any atom is -0.469 e. The van der Waals surface area contributed by atoms with Crippen LogP contribution in [0.3, 0.4) is 0 Å². The second kappa shape index (κ2) is 6.51. The summed E-state index contributed by atoms with van der Waals surface area (Å²) in [6, 6.07) is 0. The van der Waals surface area contributed by atoms with Crippen LogP contribution in [0.5, 0.6) is 5.19 Å². The maximum Gasteiger partial charge on any atom is 0.295 e. The SMILES string of the molecule is C/C=C(\C=C/CCOc1nnc(N)s1)C(C)(C)O. The summed E-state index contributed by atoms with van der Waals surface area (Å²) in [5.41, 5.74) is 5.49. The molecule has 0 unspecified atom stereocenters. The van der Waals surface area contributed by atoms with Crippen LogP contribution in [0.1, 0.15) is 27.2 Å². The molecule has 0 spiro atoms. The molecule has 0 amide bonds. The van der Waals surface area contributed by atoms with Crippen LogP contribution in [0.15, 0.2) is 23.8 Å². The molecule has 0 radical (unpaired) electrons. The first-order chi connectivity index (χ1) is 8.43. The van der Waals surface area contributed by atoms with Gasteiger partial charge in [-0.3, -0.25) is 0 Å². The smallest absolute Gasteiger partial charge is 0.295 e. The zero-order valence-corrected chi connectivity index (χ0v) is 11.7. The predicted octanol–water partition coefficient (Wildman–Crippen LogP) is 2.16. The normalized spacial score (nSPS) is 13.2. The first kappa shape index (κ1) is 14.7. The van der Waals surface area contributed by atoms with Crippen molar-refractivity contribution in [1.29, 1.82) is 0 Å². The summed E-state index contributed by atoms with van der Waals surface area (Å²) < 4.78 is 5.36. The van der Waals surface area contributed by atoms with Gasteiger partial charge in [0.15, 0.2) is 0 Å². The zero-order chi connectivity index (χ0) is 13.6. The molecule has 0 atom stereocenters. The van der Waals surface area contributed by atoms with Crippen LogP contribution in [0.25, 0.3) is 0 Å². The quantitative estimate of drug-likeness (QED) is 0.611. The molecule has 1 aromatic rings. The first-order valence-corrected chi connectivity index (χ1v) is 6.52. The second-order valence-corrected chi connectivity index (χ2v) is 5.22. The highest BCUT2D eigenvalue weighted by Crippen LogP contribution is 2.19. The number of hydrogen-bond acceptors (Lipinski definition) is 6. The fraction of sp³-hybridized carbons (Fsp3) is 0.500. The van der Waals surface area contributed by atoms with E-state index in [1.54, 1.807) is 13.8 Å². The van der Waals surface area contributed by atoms with Gasteiger partial charge in [0.2, 0.25) is 5.13 Å². The number of nitrogens with two attached hydrogens (primary N) is 1. The standard InChI is InChI=1S/C12H19N3O2S/c1-4-9(12(2,3)16)7-5-6-8-17-11-15-14-10(13)18-11/h4-5,7,16H,6,8H2,1-3H3,(H2,13,14)/b7-5-,9-4+. The number of aromatic nitrogens is 2. The Morgan fingerprint density at radius 3 is 2.72 bits per heavy atom. The van der Waals surface area contributed by atoms with Crippen LogP contribution < -0.4 is 10.5 Å². The molecule has 1 heterocycles. The van der Waals surface area contributed by atoms with Gasteiger partial charge >= 0.3 is 0 Å². The van der Waals surface area contributed by atoms with Gasteiger partial charge in [-0.1, -0.05) is 23.3 Å². The van der Waals surface area contributed by atoms with E-state index < -0.39 is 5.60 Å². The molecule has 1 aromatic heterocycles. The van der Waals surface area contributed by atoms with Crippen LogP contribution in [0, 0.1) is 0 Å². The van der Waals surface area contributed by atoms with Crippen molar-refractivity contribution in [1.82, 2.24) is 10.2 Å². The van der Waals surface area contributed by atoms with E-state index in [-0.39, 0.29) is 0 Å².